The summed E-state index contributed by atoms with van der Waals surface area (Å²) in [4.78, 5) is 4.64. The van der Waals surface area contributed by atoms with Crippen LogP contribution in [0.15, 0.2) is 41.4 Å². The molecule has 1 unspecified atom stereocenters. The standard InChI is InChI=1S/C22H31N3O4.HI/c1-7-23-22(24-14-16(3)29-18-11-9-8-10-15(18)2)25-17-12-19(26-4)21(28-6)20(13-17)27-5;/h8-13,16H,7,14H2,1-6H3,(H2,23,24,25);1H. The first-order valence-electron chi connectivity index (χ1n) is 9.60. The predicted octanol–water partition coefficient (Wildman–Crippen LogP) is 4.48. The molecular weight excluding hydrogens is 497 g/mol. The number of anilines is 1. The Morgan fingerprint density at radius 1 is 1.00 bits per heavy atom. The third kappa shape index (κ3) is 7.16. The average Bonchev–Trinajstić information content (AvgIpc) is 2.73. The largest absolute Gasteiger partial charge is 0.493 e. The van der Waals surface area contributed by atoms with Crippen LogP contribution in [-0.4, -0.2) is 46.5 Å². The third-order valence-electron chi connectivity index (χ3n) is 4.20. The number of ether oxygens (including phenoxy) is 4. The van der Waals surface area contributed by atoms with Gasteiger partial charge in [-0.05, 0) is 32.4 Å². The maximum Gasteiger partial charge on any atom is 0.203 e. The minimum atomic E-state index is -0.0773. The van der Waals surface area contributed by atoms with Gasteiger partial charge in [0.05, 0.1) is 27.9 Å². The third-order valence-corrected chi connectivity index (χ3v) is 4.20. The number of aliphatic imine (C=N–C) groups is 1. The summed E-state index contributed by atoms with van der Waals surface area (Å²) >= 11 is 0. The quantitative estimate of drug-likeness (QED) is 0.284. The fourth-order valence-electron chi connectivity index (χ4n) is 2.76. The van der Waals surface area contributed by atoms with Crippen LogP contribution < -0.4 is 29.6 Å². The number of methoxy groups -OCH3 is 3. The van der Waals surface area contributed by atoms with Gasteiger partial charge in [0.15, 0.2) is 17.5 Å². The summed E-state index contributed by atoms with van der Waals surface area (Å²) in [6, 6.07) is 11.6. The Bertz CT molecular complexity index is 805. The number of halogens is 1. The second-order valence-electron chi connectivity index (χ2n) is 6.45. The minimum Gasteiger partial charge on any atom is -0.493 e. The van der Waals surface area contributed by atoms with Gasteiger partial charge in [-0.3, -0.25) is 0 Å². The number of rotatable bonds is 9. The average molecular weight is 529 g/mol. The monoisotopic (exact) mass is 529 g/mol. The van der Waals surface area contributed by atoms with E-state index in [-0.39, 0.29) is 30.1 Å². The molecule has 2 aromatic rings. The van der Waals surface area contributed by atoms with Gasteiger partial charge in [0.2, 0.25) is 5.75 Å². The number of hydrogen-bond donors (Lipinski definition) is 2. The van der Waals surface area contributed by atoms with E-state index in [2.05, 4.69) is 15.6 Å². The first kappa shape index (κ1) is 25.7. The molecule has 0 fully saturated rings. The zero-order valence-corrected chi connectivity index (χ0v) is 20.8. The fraction of sp³-hybridized carbons (Fsp3) is 0.409. The van der Waals surface area contributed by atoms with Crippen LogP contribution in [0.3, 0.4) is 0 Å². The van der Waals surface area contributed by atoms with Gasteiger partial charge >= 0.3 is 0 Å². The summed E-state index contributed by atoms with van der Waals surface area (Å²) < 4.78 is 22.2. The van der Waals surface area contributed by atoms with Crippen molar-refractivity contribution in [1.82, 2.24) is 5.32 Å². The summed E-state index contributed by atoms with van der Waals surface area (Å²) in [6.07, 6.45) is -0.0773. The number of guanidine groups is 1. The Balaban J connectivity index is 0.00000450. The van der Waals surface area contributed by atoms with Crippen LogP contribution in [0.25, 0.3) is 0 Å². The zero-order chi connectivity index (χ0) is 21.2. The summed E-state index contributed by atoms with van der Waals surface area (Å²) in [7, 11) is 4.75. The van der Waals surface area contributed by atoms with Crippen LogP contribution >= 0.6 is 24.0 Å². The van der Waals surface area contributed by atoms with Crippen molar-refractivity contribution in [2.45, 2.75) is 26.9 Å². The van der Waals surface area contributed by atoms with Gasteiger partial charge in [0, 0.05) is 24.4 Å². The molecule has 2 rings (SSSR count). The predicted molar refractivity (Wildman–Crippen MR) is 132 cm³/mol. The maximum atomic E-state index is 6.01. The van der Waals surface area contributed by atoms with E-state index in [1.54, 1.807) is 21.3 Å². The van der Waals surface area contributed by atoms with E-state index in [1.165, 1.54) is 0 Å². The van der Waals surface area contributed by atoms with Gasteiger partial charge in [-0.1, -0.05) is 18.2 Å². The van der Waals surface area contributed by atoms with Crippen LogP contribution in [-0.2, 0) is 0 Å². The molecule has 0 aliphatic carbocycles. The normalized spacial score (nSPS) is 11.7. The molecule has 30 heavy (non-hydrogen) atoms. The lowest BCUT2D eigenvalue weighted by Gasteiger charge is -2.18. The summed E-state index contributed by atoms with van der Waals surface area (Å²) in [5.74, 6) is 3.20. The van der Waals surface area contributed by atoms with Crippen molar-refractivity contribution in [3.63, 3.8) is 0 Å². The van der Waals surface area contributed by atoms with Crippen LogP contribution in [0, 0.1) is 6.92 Å². The van der Waals surface area contributed by atoms with Gasteiger partial charge in [-0.15, -0.1) is 24.0 Å². The fourth-order valence-corrected chi connectivity index (χ4v) is 2.76. The Morgan fingerprint density at radius 3 is 2.17 bits per heavy atom. The minimum absolute atomic E-state index is 0. The highest BCUT2D eigenvalue weighted by Gasteiger charge is 2.14. The molecule has 0 amide bonds. The molecule has 0 saturated heterocycles. The molecule has 2 N–H and O–H groups in total. The lowest BCUT2D eigenvalue weighted by atomic mass is 10.2. The Labute approximate surface area is 196 Å². The van der Waals surface area contributed by atoms with E-state index < -0.39 is 0 Å². The molecule has 0 bridgehead atoms. The second kappa shape index (κ2) is 13.0. The Morgan fingerprint density at radius 2 is 1.63 bits per heavy atom. The van der Waals surface area contributed by atoms with Crippen molar-refractivity contribution < 1.29 is 18.9 Å². The molecule has 8 heteroatoms. The van der Waals surface area contributed by atoms with E-state index >= 15 is 0 Å². The number of hydrogen-bond acceptors (Lipinski definition) is 5. The smallest absolute Gasteiger partial charge is 0.203 e. The summed E-state index contributed by atoms with van der Waals surface area (Å²) in [6.45, 7) is 7.26. The van der Waals surface area contributed by atoms with E-state index in [4.69, 9.17) is 18.9 Å². The number of para-hydroxylation sites is 1. The molecule has 7 nitrogen and oxygen atoms in total. The lowest BCUT2D eigenvalue weighted by Crippen LogP contribution is -2.32. The molecule has 0 aromatic heterocycles. The van der Waals surface area contributed by atoms with Gasteiger partial charge in [-0.2, -0.15) is 0 Å². The van der Waals surface area contributed by atoms with Crippen molar-refractivity contribution in [3.05, 3.63) is 42.0 Å². The molecule has 1 atom stereocenters. The molecular formula is C22H32IN3O4. The highest BCUT2D eigenvalue weighted by Crippen LogP contribution is 2.39. The van der Waals surface area contributed by atoms with Crippen LogP contribution in [0.2, 0.25) is 0 Å². The van der Waals surface area contributed by atoms with Gasteiger partial charge < -0.3 is 29.6 Å². The molecule has 0 radical (unpaired) electrons. The van der Waals surface area contributed by atoms with Crippen molar-refractivity contribution in [1.29, 1.82) is 0 Å². The topological polar surface area (TPSA) is 73.3 Å². The Hall–Kier alpha value is -2.36. The first-order valence-corrected chi connectivity index (χ1v) is 9.60. The van der Waals surface area contributed by atoms with Crippen molar-refractivity contribution in [2.24, 2.45) is 4.99 Å². The molecule has 166 valence electrons. The zero-order valence-electron chi connectivity index (χ0n) is 18.4. The second-order valence-corrected chi connectivity index (χ2v) is 6.45. The van der Waals surface area contributed by atoms with Gasteiger partial charge in [-0.25, -0.2) is 4.99 Å². The molecule has 0 aliphatic rings. The molecule has 0 aliphatic heterocycles. The van der Waals surface area contributed by atoms with Crippen LogP contribution in [0.5, 0.6) is 23.0 Å². The summed E-state index contributed by atoms with van der Waals surface area (Å²) in [5, 5.41) is 6.51. The highest BCUT2D eigenvalue weighted by molar-refractivity contribution is 14.0. The first-order chi connectivity index (χ1) is 14.0. The summed E-state index contributed by atoms with van der Waals surface area (Å²) in [5.41, 5.74) is 1.87. The van der Waals surface area contributed by atoms with E-state index in [1.807, 2.05) is 57.2 Å². The number of nitrogens with zero attached hydrogens (tertiary/aromatic N) is 1. The van der Waals surface area contributed by atoms with Crippen LogP contribution in [0.1, 0.15) is 19.4 Å². The molecule has 0 heterocycles. The van der Waals surface area contributed by atoms with E-state index in [0.717, 1.165) is 23.5 Å². The number of aryl methyl sites for hydroxylation is 1. The van der Waals surface area contributed by atoms with Crippen molar-refractivity contribution >= 4 is 35.6 Å². The Kier molecular flexibility index (Phi) is 11.2. The molecule has 0 spiro atoms. The molecule has 2 aromatic carbocycles. The maximum absolute atomic E-state index is 6.01. The van der Waals surface area contributed by atoms with E-state index in [0.29, 0.717) is 29.8 Å². The highest BCUT2D eigenvalue weighted by atomic mass is 127. The van der Waals surface area contributed by atoms with Gasteiger partial charge in [0.1, 0.15) is 11.9 Å². The van der Waals surface area contributed by atoms with E-state index in [9.17, 15) is 0 Å². The lowest BCUT2D eigenvalue weighted by molar-refractivity contribution is 0.229. The van der Waals surface area contributed by atoms with Crippen molar-refractivity contribution in [3.8, 4) is 23.0 Å². The number of nitrogens with one attached hydrogen (secondary N) is 2. The SMILES string of the molecule is CCNC(=NCC(C)Oc1ccccc1C)Nc1cc(OC)c(OC)c(OC)c1.I. The molecule has 0 saturated carbocycles. The van der Waals surface area contributed by atoms with Crippen LogP contribution in [0.4, 0.5) is 5.69 Å². The van der Waals surface area contributed by atoms with Crippen molar-refractivity contribution in [2.75, 3.05) is 39.7 Å². The van der Waals surface area contributed by atoms with Gasteiger partial charge in [0.25, 0.3) is 0 Å². The number of benzene rings is 2.